The SMILES string of the molecule is CCOC(=O)C(C(=O)OCC)C1CC/C=C\CCC1. The van der Waals surface area contributed by atoms with Crippen LogP contribution >= 0.6 is 0 Å². The predicted molar refractivity (Wildman–Crippen MR) is 72.5 cm³/mol. The van der Waals surface area contributed by atoms with Crippen molar-refractivity contribution in [3.05, 3.63) is 12.2 Å². The van der Waals surface area contributed by atoms with Crippen LogP contribution in [0.4, 0.5) is 0 Å². The summed E-state index contributed by atoms with van der Waals surface area (Å²) in [7, 11) is 0. The Morgan fingerprint density at radius 2 is 1.63 bits per heavy atom. The number of ether oxygens (including phenoxy) is 2. The molecule has 0 aromatic heterocycles. The van der Waals surface area contributed by atoms with Gasteiger partial charge in [-0.2, -0.15) is 0 Å². The summed E-state index contributed by atoms with van der Waals surface area (Å²) in [4.78, 5) is 24.0. The van der Waals surface area contributed by atoms with Crippen molar-refractivity contribution in [2.24, 2.45) is 11.8 Å². The zero-order chi connectivity index (χ0) is 14.1. The molecule has 1 aliphatic carbocycles. The van der Waals surface area contributed by atoms with Crippen molar-refractivity contribution in [2.75, 3.05) is 13.2 Å². The van der Waals surface area contributed by atoms with Crippen molar-refractivity contribution in [3.8, 4) is 0 Å². The molecule has 0 aliphatic heterocycles. The fourth-order valence-electron chi connectivity index (χ4n) is 2.47. The van der Waals surface area contributed by atoms with E-state index in [9.17, 15) is 9.59 Å². The molecule has 0 bridgehead atoms. The Hall–Kier alpha value is -1.32. The number of allylic oxidation sites excluding steroid dienone is 2. The fourth-order valence-corrected chi connectivity index (χ4v) is 2.47. The number of rotatable bonds is 5. The van der Waals surface area contributed by atoms with E-state index in [1.54, 1.807) is 13.8 Å². The van der Waals surface area contributed by atoms with Crippen LogP contribution in [0, 0.1) is 11.8 Å². The molecule has 0 amide bonds. The van der Waals surface area contributed by atoms with Crippen LogP contribution in [-0.4, -0.2) is 25.2 Å². The van der Waals surface area contributed by atoms with Gasteiger partial charge in [-0.05, 0) is 51.9 Å². The Labute approximate surface area is 115 Å². The molecule has 0 aromatic rings. The first-order valence-electron chi connectivity index (χ1n) is 7.19. The smallest absolute Gasteiger partial charge is 0.320 e. The standard InChI is InChI=1S/C15H24O4/c1-3-18-14(16)13(15(17)19-4-2)12-10-8-6-5-7-9-11-12/h5-6,12-13H,3-4,7-11H2,1-2H3/b6-5-. The first-order chi connectivity index (χ1) is 9.20. The highest BCUT2D eigenvalue weighted by atomic mass is 16.6. The average molecular weight is 268 g/mol. The van der Waals surface area contributed by atoms with Crippen molar-refractivity contribution < 1.29 is 19.1 Å². The van der Waals surface area contributed by atoms with Crippen LogP contribution in [0.1, 0.15) is 46.0 Å². The molecule has 0 saturated carbocycles. The number of carbonyl (C=O) groups excluding carboxylic acids is 2. The van der Waals surface area contributed by atoms with Crippen molar-refractivity contribution in [1.82, 2.24) is 0 Å². The number of esters is 2. The molecular formula is C15H24O4. The summed E-state index contributed by atoms with van der Waals surface area (Å²) >= 11 is 0. The average Bonchev–Trinajstić information content (AvgIpc) is 2.32. The molecule has 0 heterocycles. The summed E-state index contributed by atoms with van der Waals surface area (Å²) in [5, 5.41) is 0. The predicted octanol–water partition coefficient (Wildman–Crippen LogP) is 2.87. The highest BCUT2D eigenvalue weighted by Gasteiger charge is 2.36. The minimum Gasteiger partial charge on any atom is -0.465 e. The van der Waals surface area contributed by atoms with E-state index in [1.165, 1.54) is 0 Å². The van der Waals surface area contributed by atoms with Crippen LogP contribution in [0.3, 0.4) is 0 Å². The molecule has 1 aliphatic rings. The lowest BCUT2D eigenvalue weighted by Crippen LogP contribution is -2.34. The van der Waals surface area contributed by atoms with Gasteiger partial charge in [0.2, 0.25) is 0 Å². The second kappa shape index (κ2) is 8.73. The minimum absolute atomic E-state index is 0.0306. The lowest BCUT2D eigenvalue weighted by atomic mass is 9.83. The first kappa shape index (κ1) is 15.7. The van der Waals surface area contributed by atoms with Gasteiger partial charge >= 0.3 is 11.9 Å². The minimum atomic E-state index is -0.758. The van der Waals surface area contributed by atoms with Crippen LogP contribution in [-0.2, 0) is 19.1 Å². The Morgan fingerprint density at radius 1 is 1.05 bits per heavy atom. The van der Waals surface area contributed by atoms with Crippen LogP contribution in [0.15, 0.2) is 12.2 Å². The van der Waals surface area contributed by atoms with Gasteiger partial charge in [0.25, 0.3) is 0 Å². The van der Waals surface area contributed by atoms with Gasteiger partial charge in [0.15, 0.2) is 5.92 Å². The van der Waals surface area contributed by atoms with Crippen LogP contribution in [0.5, 0.6) is 0 Å². The maximum absolute atomic E-state index is 12.0. The van der Waals surface area contributed by atoms with E-state index >= 15 is 0 Å². The van der Waals surface area contributed by atoms with Crippen molar-refractivity contribution in [2.45, 2.75) is 46.0 Å². The van der Waals surface area contributed by atoms with E-state index in [1.807, 2.05) is 0 Å². The molecule has 1 atom stereocenters. The molecule has 0 radical (unpaired) electrons. The van der Waals surface area contributed by atoms with Crippen LogP contribution in [0.25, 0.3) is 0 Å². The Kier molecular flexibility index (Phi) is 7.23. The van der Waals surface area contributed by atoms with Gasteiger partial charge in [0, 0.05) is 0 Å². The lowest BCUT2D eigenvalue weighted by molar-refractivity contribution is -0.164. The van der Waals surface area contributed by atoms with Gasteiger partial charge in [-0.25, -0.2) is 0 Å². The van der Waals surface area contributed by atoms with Gasteiger partial charge in [0.1, 0.15) is 0 Å². The monoisotopic (exact) mass is 268 g/mol. The lowest BCUT2D eigenvalue weighted by Gasteiger charge is -2.24. The van der Waals surface area contributed by atoms with Gasteiger partial charge in [0.05, 0.1) is 13.2 Å². The van der Waals surface area contributed by atoms with Crippen LogP contribution < -0.4 is 0 Å². The van der Waals surface area contributed by atoms with E-state index in [2.05, 4.69) is 12.2 Å². The normalized spacial score (nSPS) is 21.3. The largest absolute Gasteiger partial charge is 0.465 e. The maximum Gasteiger partial charge on any atom is 0.320 e. The second-order valence-electron chi connectivity index (χ2n) is 4.72. The van der Waals surface area contributed by atoms with Gasteiger partial charge in [-0.3, -0.25) is 9.59 Å². The summed E-state index contributed by atoms with van der Waals surface area (Å²) in [6, 6.07) is 0. The molecule has 19 heavy (non-hydrogen) atoms. The third-order valence-corrected chi connectivity index (χ3v) is 3.37. The second-order valence-corrected chi connectivity index (χ2v) is 4.72. The molecule has 0 N–H and O–H groups in total. The molecular weight excluding hydrogens is 244 g/mol. The maximum atomic E-state index is 12.0. The Morgan fingerprint density at radius 3 is 2.21 bits per heavy atom. The zero-order valence-corrected chi connectivity index (χ0v) is 11.9. The third kappa shape index (κ3) is 5.05. The molecule has 0 aromatic carbocycles. The first-order valence-corrected chi connectivity index (χ1v) is 7.19. The zero-order valence-electron chi connectivity index (χ0n) is 11.9. The van der Waals surface area contributed by atoms with Gasteiger partial charge in [-0.1, -0.05) is 12.2 Å². The quantitative estimate of drug-likeness (QED) is 0.437. The van der Waals surface area contributed by atoms with Gasteiger partial charge < -0.3 is 9.47 Å². The van der Waals surface area contributed by atoms with Crippen molar-refractivity contribution in [3.63, 3.8) is 0 Å². The summed E-state index contributed by atoms with van der Waals surface area (Å²) < 4.78 is 10.1. The Balaban J connectivity index is 2.77. The molecule has 108 valence electrons. The fraction of sp³-hybridized carbons (Fsp3) is 0.733. The van der Waals surface area contributed by atoms with E-state index in [4.69, 9.17) is 9.47 Å². The van der Waals surface area contributed by atoms with Gasteiger partial charge in [-0.15, -0.1) is 0 Å². The molecule has 1 rings (SSSR count). The van der Waals surface area contributed by atoms with E-state index in [0.717, 1.165) is 32.1 Å². The molecule has 4 nitrogen and oxygen atoms in total. The molecule has 4 heteroatoms. The van der Waals surface area contributed by atoms with Crippen molar-refractivity contribution in [1.29, 1.82) is 0 Å². The van der Waals surface area contributed by atoms with E-state index < -0.39 is 17.9 Å². The van der Waals surface area contributed by atoms with E-state index in [-0.39, 0.29) is 5.92 Å². The Bertz CT molecular complexity index is 304. The topological polar surface area (TPSA) is 52.6 Å². The third-order valence-electron chi connectivity index (χ3n) is 3.37. The van der Waals surface area contributed by atoms with Crippen LogP contribution in [0.2, 0.25) is 0 Å². The molecule has 0 saturated heterocycles. The highest BCUT2D eigenvalue weighted by molar-refractivity contribution is 5.95. The summed E-state index contributed by atoms with van der Waals surface area (Å²) in [6.45, 7) is 4.09. The summed E-state index contributed by atoms with van der Waals surface area (Å²) in [5.74, 6) is -1.60. The summed E-state index contributed by atoms with van der Waals surface area (Å²) in [5.41, 5.74) is 0. The van der Waals surface area contributed by atoms with E-state index in [0.29, 0.717) is 13.2 Å². The summed E-state index contributed by atoms with van der Waals surface area (Å²) in [6.07, 6.45) is 8.90. The van der Waals surface area contributed by atoms with Crippen molar-refractivity contribution >= 4 is 11.9 Å². The number of hydrogen-bond donors (Lipinski definition) is 0. The molecule has 0 spiro atoms. The molecule has 1 unspecified atom stereocenters. The number of hydrogen-bond acceptors (Lipinski definition) is 4. The number of carbonyl (C=O) groups is 2. The highest BCUT2D eigenvalue weighted by Crippen LogP contribution is 2.28. The molecule has 0 fully saturated rings.